The van der Waals surface area contributed by atoms with Crippen LogP contribution in [-0.4, -0.2) is 14.2 Å². The number of hydrogen-bond acceptors (Lipinski definition) is 3. The van der Waals surface area contributed by atoms with Gasteiger partial charge in [0.05, 0.1) is 10.6 Å². The van der Waals surface area contributed by atoms with E-state index in [0.29, 0.717) is 23.2 Å². The fourth-order valence-electron chi connectivity index (χ4n) is 2.59. The second kappa shape index (κ2) is 6.96. The summed E-state index contributed by atoms with van der Waals surface area (Å²) in [6.45, 7) is 5.25. The van der Waals surface area contributed by atoms with Crippen LogP contribution in [0.4, 0.5) is 5.69 Å². The number of nitrogens with one attached hydrogen (secondary N) is 1. The van der Waals surface area contributed by atoms with E-state index in [1.807, 2.05) is 6.92 Å². The highest BCUT2D eigenvalue weighted by Gasteiger charge is 2.19. The molecular formula is C18H21NO3S. The fourth-order valence-corrected chi connectivity index (χ4v) is 3.93. The normalized spacial score (nSPS) is 11.3. The van der Waals surface area contributed by atoms with Gasteiger partial charge in [-0.15, -0.1) is 0 Å². The molecule has 0 spiro atoms. The Bertz CT molecular complexity index is 826. The van der Waals surface area contributed by atoms with Gasteiger partial charge in [0.1, 0.15) is 0 Å². The quantitative estimate of drug-likeness (QED) is 0.815. The SMILES string of the molecule is CCCc1c(NS(=O)(=O)c2ccccc2C)cccc1C(C)=O. The first-order valence-corrected chi connectivity index (χ1v) is 9.06. The van der Waals surface area contributed by atoms with Gasteiger partial charge in [-0.3, -0.25) is 9.52 Å². The molecule has 0 atom stereocenters. The minimum Gasteiger partial charge on any atom is -0.294 e. The van der Waals surface area contributed by atoms with Crippen molar-refractivity contribution in [1.82, 2.24) is 0 Å². The zero-order valence-corrected chi connectivity index (χ0v) is 14.4. The van der Waals surface area contributed by atoms with E-state index in [2.05, 4.69) is 4.72 Å². The highest BCUT2D eigenvalue weighted by molar-refractivity contribution is 7.92. The summed E-state index contributed by atoms with van der Waals surface area (Å²) >= 11 is 0. The van der Waals surface area contributed by atoms with Gasteiger partial charge in [-0.25, -0.2) is 8.42 Å². The minimum atomic E-state index is -3.69. The molecule has 0 fully saturated rings. The Morgan fingerprint density at radius 2 is 1.78 bits per heavy atom. The van der Waals surface area contributed by atoms with Crippen molar-refractivity contribution in [2.45, 2.75) is 38.5 Å². The van der Waals surface area contributed by atoms with Gasteiger partial charge < -0.3 is 0 Å². The minimum absolute atomic E-state index is 0.0645. The van der Waals surface area contributed by atoms with E-state index < -0.39 is 10.0 Å². The van der Waals surface area contributed by atoms with Crippen molar-refractivity contribution in [2.75, 3.05) is 4.72 Å². The maximum atomic E-state index is 12.7. The number of ketones is 1. The van der Waals surface area contributed by atoms with Crippen LogP contribution in [0.1, 0.15) is 41.8 Å². The van der Waals surface area contributed by atoms with E-state index in [1.165, 1.54) is 6.92 Å². The number of Topliss-reactive ketones (excluding diaryl/α,β-unsaturated/α-hetero) is 1. The molecule has 23 heavy (non-hydrogen) atoms. The van der Waals surface area contributed by atoms with Gasteiger partial charge in [-0.2, -0.15) is 0 Å². The molecule has 0 heterocycles. The van der Waals surface area contributed by atoms with Gasteiger partial charge >= 0.3 is 0 Å². The Hall–Kier alpha value is -2.14. The zero-order valence-electron chi connectivity index (χ0n) is 13.6. The average Bonchev–Trinajstić information content (AvgIpc) is 2.49. The number of anilines is 1. The van der Waals surface area contributed by atoms with E-state index in [1.54, 1.807) is 49.4 Å². The van der Waals surface area contributed by atoms with Crippen molar-refractivity contribution in [3.05, 3.63) is 59.2 Å². The van der Waals surface area contributed by atoms with Crippen LogP contribution in [0, 0.1) is 6.92 Å². The molecule has 0 saturated heterocycles. The zero-order chi connectivity index (χ0) is 17.0. The van der Waals surface area contributed by atoms with Gasteiger partial charge in [-0.05, 0) is 43.5 Å². The molecule has 0 saturated carbocycles. The van der Waals surface area contributed by atoms with E-state index >= 15 is 0 Å². The average molecular weight is 331 g/mol. The summed E-state index contributed by atoms with van der Waals surface area (Å²) in [5.74, 6) is -0.0645. The molecule has 0 aliphatic heterocycles. The third kappa shape index (κ3) is 3.79. The summed E-state index contributed by atoms with van der Waals surface area (Å²) in [4.78, 5) is 12.1. The lowest BCUT2D eigenvalue weighted by Gasteiger charge is -2.16. The monoisotopic (exact) mass is 331 g/mol. The predicted octanol–water partition coefficient (Wildman–Crippen LogP) is 3.95. The highest BCUT2D eigenvalue weighted by atomic mass is 32.2. The summed E-state index contributed by atoms with van der Waals surface area (Å²) in [6, 6.07) is 12.0. The molecule has 0 bridgehead atoms. The molecule has 0 unspecified atom stereocenters. The molecule has 0 radical (unpaired) electrons. The number of carbonyl (C=O) groups excluding carboxylic acids is 1. The molecule has 0 aliphatic rings. The van der Waals surface area contributed by atoms with Gasteiger partial charge in [0.2, 0.25) is 0 Å². The molecule has 5 heteroatoms. The Morgan fingerprint density at radius 3 is 2.39 bits per heavy atom. The second-order valence-electron chi connectivity index (χ2n) is 5.51. The number of rotatable bonds is 6. The first kappa shape index (κ1) is 17.2. The van der Waals surface area contributed by atoms with Gasteiger partial charge in [0.15, 0.2) is 5.78 Å². The number of carbonyl (C=O) groups is 1. The highest BCUT2D eigenvalue weighted by Crippen LogP contribution is 2.26. The van der Waals surface area contributed by atoms with Crippen LogP contribution >= 0.6 is 0 Å². The molecule has 2 rings (SSSR count). The van der Waals surface area contributed by atoms with Gasteiger partial charge in [-0.1, -0.05) is 43.7 Å². The molecule has 4 nitrogen and oxygen atoms in total. The molecule has 0 amide bonds. The standard InChI is InChI=1S/C18H21NO3S/c1-4-8-16-15(14(3)20)10-7-11-17(16)19-23(21,22)18-12-6-5-9-13(18)2/h5-7,9-12,19H,4,8H2,1-3H3. The van der Waals surface area contributed by atoms with E-state index in [0.717, 1.165) is 12.0 Å². The van der Waals surface area contributed by atoms with E-state index in [-0.39, 0.29) is 10.7 Å². The first-order chi connectivity index (χ1) is 10.9. The van der Waals surface area contributed by atoms with Crippen LogP contribution in [0.2, 0.25) is 0 Å². The number of benzene rings is 2. The number of sulfonamides is 1. The van der Waals surface area contributed by atoms with E-state index in [9.17, 15) is 13.2 Å². The Morgan fingerprint density at radius 1 is 1.09 bits per heavy atom. The van der Waals surface area contributed by atoms with Crippen LogP contribution in [0.15, 0.2) is 47.4 Å². The van der Waals surface area contributed by atoms with Gasteiger partial charge in [0.25, 0.3) is 10.0 Å². The number of hydrogen-bond donors (Lipinski definition) is 1. The fraction of sp³-hybridized carbons (Fsp3) is 0.278. The lowest BCUT2D eigenvalue weighted by molar-refractivity contribution is 0.101. The van der Waals surface area contributed by atoms with Crippen molar-refractivity contribution in [3.63, 3.8) is 0 Å². The van der Waals surface area contributed by atoms with Crippen LogP contribution < -0.4 is 4.72 Å². The molecule has 2 aromatic rings. The van der Waals surface area contributed by atoms with Crippen molar-refractivity contribution < 1.29 is 13.2 Å². The largest absolute Gasteiger partial charge is 0.294 e. The summed E-state index contributed by atoms with van der Waals surface area (Å²) in [5, 5.41) is 0. The van der Waals surface area contributed by atoms with Gasteiger partial charge in [0, 0.05) is 5.56 Å². The summed E-state index contributed by atoms with van der Waals surface area (Å²) in [7, 11) is -3.69. The summed E-state index contributed by atoms with van der Waals surface area (Å²) in [6.07, 6.45) is 1.46. The predicted molar refractivity (Wildman–Crippen MR) is 92.4 cm³/mol. The summed E-state index contributed by atoms with van der Waals surface area (Å²) in [5.41, 5.74) is 2.47. The molecular weight excluding hydrogens is 310 g/mol. The molecule has 0 aromatic heterocycles. The number of aryl methyl sites for hydroxylation is 1. The van der Waals surface area contributed by atoms with Crippen LogP contribution in [0.5, 0.6) is 0 Å². The van der Waals surface area contributed by atoms with Crippen molar-refractivity contribution >= 4 is 21.5 Å². The molecule has 122 valence electrons. The first-order valence-electron chi connectivity index (χ1n) is 7.58. The van der Waals surface area contributed by atoms with Crippen LogP contribution in [0.25, 0.3) is 0 Å². The third-order valence-electron chi connectivity index (χ3n) is 3.68. The molecule has 1 N–H and O–H groups in total. The molecule has 0 aliphatic carbocycles. The van der Waals surface area contributed by atoms with Crippen LogP contribution in [0.3, 0.4) is 0 Å². The maximum absolute atomic E-state index is 12.7. The smallest absolute Gasteiger partial charge is 0.262 e. The van der Waals surface area contributed by atoms with Crippen LogP contribution in [-0.2, 0) is 16.4 Å². The maximum Gasteiger partial charge on any atom is 0.262 e. The van der Waals surface area contributed by atoms with Crippen molar-refractivity contribution in [1.29, 1.82) is 0 Å². The lowest BCUT2D eigenvalue weighted by atomic mass is 9.99. The topological polar surface area (TPSA) is 63.2 Å². The second-order valence-corrected chi connectivity index (χ2v) is 7.16. The lowest BCUT2D eigenvalue weighted by Crippen LogP contribution is -2.16. The Kier molecular flexibility index (Phi) is 5.21. The van der Waals surface area contributed by atoms with E-state index in [4.69, 9.17) is 0 Å². The third-order valence-corrected chi connectivity index (χ3v) is 5.21. The Labute approximate surface area is 137 Å². The summed E-state index contributed by atoms with van der Waals surface area (Å²) < 4.78 is 28.0. The Balaban J connectivity index is 2.49. The molecule has 2 aromatic carbocycles. The van der Waals surface area contributed by atoms with Crippen molar-refractivity contribution in [3.8, 4) is 0 Å². The van der Waals surface area contributed by atoms with Crippen molar-refractivity contribution in [2.24, 2.45) is 0 Å².